The van der Waals surface area contributed by atoms with Gasteiger partial charge in [-0.1, -0.05) is 0 Å². The molecule has 1 atom stereocenters. The minimum atomic E-state index is -0.510. The molecule has 0 aliphatic heterocycles. The molecule has 5 heteroatoms. The first kappa shape index (κ1) is 12.7. The van der Waals surface area contributed by atoms with Gasteiger partial charge in [0.2, 0.25) is 5.91 Å². The third kappa shape index (κ3) is 2.44. The molecule has 3 fully saturated rings. The largest absolute Gasteiger partial charge is 0.380 e. The topological polar surface area (TPSA) is 64.3 Å². The van der Waals surface area contributed by atoms with Crippen LogP contribution in [0.15, 0.2) is 0 Å². The van der Waals surface area contributed by atoms with Crippen LogP contribution in [0.5, 0.6) is 0 Å². The van der Waals surface area contributed by atoms with Crippen LogP contribution in [0.3, 0.4) is 0 Å². The smallest absolute Gasteiger partial charge is 0.239 e. The summed E-state index contributed by atoms with van der Waals surface area (Å²) in [4.78, 5) is 11.6. The van der Waals surface area contributed by atoms with Gasteiger partial charge in [0.15, 0.2) is 0 Å². The van der Waals surface area contributed by atoms with E-state index >= 15 is 0 Å². The van der Waals surface area contributed by atoms with Crippen molar-refractivity contribution in [3.63, 3.8) is 0 Å². The third-order valence-electron chi connectivity index (χ3n) is 3.26. The summed E-state index contributed by atoms with van der Waals surface area (Å²) in [7, 11) is 0. The van der Waals surface area contributed by atoms with Crippen LogP contribution < -0.4 is 11.1 Å². The van der Waals surface area contributed by atoms with Crippen LogP contribution in [0, 0.1) is 5.92 Å². The van der Waals surface area contributed by atoms with E-state index in [0.29, 0.717) is 13.2 Å². The van der Waals surface area contributed by atoms with Crippen molar-refractivity contribution in [3.05, 3.63) is 0 Å². The van der Waals surface area contributed by atoms with Crippen molar-refractivity contribution in [1.82, 2.24) is 5.32 Å². The quantitative estimate of drug-likeness (QED) is 0.726. The molecule has 3 aliphatic rings. The molecule has 0 aromatic rings. The van der Waals surface area contributed by atoms with Crippen LogP contribution in [-0.2, 0) is 9.53 Å². The average Bonchev–Trinajstić information content (AvgIpc) is 2.04. The molecular formula is C10H19ClN2O2. The Morgan fingerprint density at radius 2 is 2.20 bits per heavy atom. The Labute approximate surface area is 96.3 Å². The van der Waals surface area contributed by atoms with Crippen LogP contribution in [0.25, 0.3) is 0 Å². The van der Waals surface area contributed by atoms with Crippen molar-refractivity contribution < 1.29 is 9.53 Å². The molecule has 0 heterocycles. The predicted molar refractivity (Wildman–Crippen MR) is 59.9 cm³/mol. The molecule has 3 aliphatic carbocycles. The van der Waals surface area contributed by atoms with Gasteiger partial charge in [-0.3, -0.25) is 4.79 Å². The fourth-order valence-corrected chi connectivity index (χ4v) is 2.31. The highest BCUT2D eigenvalue weighted by Crippen LogP contribution is 2.56. The second-order valence-electron chi connectivity index (χ2n) is 4.51. The summed E-state index contributed by atoms with van der Waals surface area (Å²) in [5.41, 5.74) is 5.80. The lowest BCUT2D eigenvalue weighted by molar-refractivity contribution is -0.135. The number of ether oxygens (including phenoxy) is 1. The number of amides is 1. The number of hydrogen-bond acceptors (Lipinski definition) is 3. The highest BCUT2D eigenvalue weighted by atomic mass is 35.5. The van der Waals surface area contributed by atoms with E-state index in [1.807, 2.05) is 6.92 Å². The number of nitrogens with two attached hydrogens (primary N) is 1. The second-order valence-corrected chi connectivity index (χ2v) is 4.51. The van der Waals surface area contributed by atoms with E-state index < -0.39 is 6.04 Å². The molecule has 0 saturated heterocycles. The number of hydrogen-bond donors (Lipinski definition) is 2. The summed E-state index contributed by atoms with van der Waals surface area (Å²) in [6.45, 7) is 2.82. The first-order valence-corrected chi connectivity index (χ1v) is 5.30. The molecule has 1 unspecified atom stereocenters. The minimum Gasteiger partial charge on any atom is -0.380 e. The Kier molecular flexibility index (Phi) is 3.98. The van der Waals surface area contributed by atoms with Crippen molar-refractivity contribution in [2.45, 2.75) is 37.8 Å². The molecule has 15 heavy (non-hydrogen) atoms. The first-order valence-electron chi connectivity index (χ1n) is 5.30. The van der Waals surface area contributed by atoms with E-state index in [1.165, 1.54) is 0 Å². The van der Waals surface area contributed by atoms with Gasteiger partial charge in [-0.15, -0.1) is 12.4 Å². The molecule has 0 aromatic heterocycles. The Morgan fingerprint density at radius 3 is 2.60 bits per heavy atom. The first-order chi connectivity index (χ1) is 6.65. The van der Waals surface area contributed by atoms with E-state index in [4.69, 9.17) is 10.5 Å². The van der Waals surface area contributed by atoms with Gasteiger partial charge in [-0.2, -0.15) is 0 Å². The van der Waals surface area contributed by atoms with Crippen LogP contribution in [0.2, 0.25) is 0 Å². The van der Waals surface area contributed by atoms with Gasteiger partial charge in [-0.25, -0.2) is 0 Å². The number of halogens is 1. The summed E-state index contributed by atoms with van der Waals surface area (Å²) < 4.78 is 5.11. The average molecular weight is 235 g/mol. The van der Waals surface area contributed by atoms with E-state index in [0.717, 1.165) is 25.2 Å². The fourth-order valence-electron chi connectivity index (χ4n) is 2.31. The van der Waals surface area contributed by atoms with Gasteiger partial charge < -0.3 is 15.8 Å². The lowest BCUT2D eigenvalue weighted by atomic mass is 9.50. The maximum atomic E-state index is 11.6. The minimum absolute atomic E-state index is 0. The summed E-state index contributed by atoms with van der Waals surface area (Å²) in [5.74, 6) is 0.815. The Morgan fingerprint density at radius 1 is 1.60 bits per heavy atom. The number of carbonyl (C=O) groups excluding carboxylic acids is 1. The zero-order chi connectivity index (χ0) is 10.2. The molecule has 0 radical (unpaired) electrons. The van der Waals surface area contributed by atoms with Crippen LogP contribution >= 0.6 is 12.4 Å². The van der Waals surface area contributed by atoms with Gasteiger partial charge in [0.1, 0.15) is 6.04 Å². The molecule has 4 nitrogen and oxygen atoms in total. The Hall–Kier alpha value is -0.320. The summed E-state index contributed by atoms with van der Waals surface area (Å²) in [6.07, 6.45) is 3.46. The van der Waals surface area contributed by atoms with Crippen LogP contribution in [0.1, 0.15) is 26.2 Å². The van der Waals surface area contributed by atoms with Gasteiger partial charge in [0.25, 0.3) is 0 Å². The number of carbonyl (C=O) groups is 1. The van der Waals surface area contributed by atoms with Crippen LogP contribution in [0.4, 0.5) is 0 Å². The Bertz CT molecular complexity index is 231. The lowest BCUT2D eigenvalue weighted by Crippen LogP contribution is -2.69. The van der Waals surface area contributed by atoms with E-state index in [9.17, 15) is 4.79 Å². The molecule has 3 saturated carbocycles. The van der Waals surface area contributed by atoms with E-state index in [2.05, 4.69) is 5.32 Å². The standard InChI is InChI=1S/C10H18N2O2.ClH/c1-2-14-6-8(11)9(13)12-10-3-7(4-10)5-10;/h7-8H,2-6,11H2,1H3,(H,12,13);1H. The zero-order valence-corrected chi connectivity index (χ0v) is 9.81. The second kappa shape index (κ2) is 4.68. The third-order valence-corrected chi connectivity index (χ3v) is 3.26. The lowest BCUT2D eigenvalue weighted by Gasteiger charge is -2.62. The van der Waals surface area contributed by atoms with Crippen LogP contribution in [-0.4, -0.2) is 30.7 Å². The van der Waals surface area contributed by atoms with Crippen molar-refractivity contribution in [2.75, 3.05) is 13.2 Å². The van der Waals surface area contributed by atoms with E-state index in [1.54, 1.807) is 0 Å². The zero-order valence-electron chi connectivity index (χ0n) is 8.99. The molecule has 2 bridgehead atoms. The molecule has 88 valence electrons. The SMILES string of the molecule is CCOCC(N)C(=O)NC12CC(C1)C2.Cl. The molecule has 0 aromatic carbocycles. The molecular weight excluding hydrogens is 216 g/mol. The predicted octanol–water partition coefficient (Wildman–Crippen LogP) is 0.441. The molecule has 1 amide bonds. The Balaban J connectivity index is 0.00000112. The van der Waals surface area contributed by atoms with Crippen molar-refractivity contribution in [3.8, 4) is 0 Å². The number of nitrogens with one attached hydrogen (secondary N) is 1. The van der Waals surface area contributed by atoms with Crippen molar-refractivity contribution >= 4 is 18.3 Å². The van der Waals surface area contributed by atoms with Crippen molar-refractivity contribution in [2.24, 2.45) is 11.7 Å². The van der Waals surface area contributed by atoms with Crippen molar-refractivity contribution in [1.29, 1.82) is 0 Å². The molecule has 0 spiro atoms. The summed E-state index contributed by atoms with van der Waals surface area (Å²) in [5, 5.41) is 3.02. The van der Waals surface area contributed by atoms with Gasteiger partial charge >= 0.3 is 0 Å². The monoisotopic (exact) mass is 234 g/mol. The van der Waals surface area contributed by atoms with Gasteiger partial charge in [0.05, 0.1) is 6.61 Å². The van der Waals surface area contributed by atoms with E-state index in [-0.39, 0.29) is 23.9 Å². The molecule has 3 rings (SSSR count). The highest BCUT2D eigenvalue weighted by Gasteiger charge is 2.57. The molecule has 3 N–H and O–H groups in total. The summed E-state index contributed by atoms with van der Waals surface area (Å²) >= 11 is 0. The maximum absolute atomic E-state index is 11.6. The highest BCUT2D eigenvalue weighted by molar-refractivity contribution is 5.85. The fraction of sp³-hybridized carbons (Fsp3) is 0.900. The van der Waals surface area contributed by atoms with Gasteiger partial charge in [-0.05, 0) is 32.1 Å². The maximum Gasteiger partial charge on any atom is 0.239 e. The van der Waals surface area contributed by atoms with Gasteiger partial charge in [0, 0.05) is 12.1 Å². The number of rotatable bonds is 5. The summed E-state index contributed by atoms with van der Waals surface area (Å²) in [6, 6.07) is -0.510. The normalized spacial score (nSPS) is 33.1.